The molecule has 0 aromatic heterocycles. The summed E-state index contributed by atoms with van der Waals surface area (Å²) in [6.45, 7) is 7.06. The van der Waals surface area contributed by atoms with Crippen LogP contribution in [0.3, 0.4) is 0 Å². The molecule has 3 aliphatic rings. The molecule has 0 spiro atoms. The van der Waals surface area contributed by atoms with Gasteiger partial charge in [0.25, 0.3) is 0 Å². The first kappa shape index (κ1) is 18.7. The van der Waals surface area contributed by atoms with Crippen LogP contribution >= 0.6 is 0 Å². The zero-order valence-corrected chi connectivity index (χ0v) is 16.5. The summed E-state index contributed by atoms with van der Waals surface area (Å²) in [4.78, 5) is 12.6. The largest absolute Gasteiger partial charge is 0.461 e. The first-order valence-electron chi connectivity index (χ1n) is 10.3. The van der Waals surface area contributed by atoms with E-state index < -0.39 is 6.10 Å². The van der Waals surface area contributed by atoms with Gasteiger partial charge in [0, 0.05) is 30.3 Å². The molecule has 0 amide bonds. The minimum Gasteiger partial charge on any atom is -0.461 e. The molecule has 0 bridgehead atoms. The van der Waals surface area contributed by atoms with Crippen LogP contribution in [0.5, 0.6) is 0 Å². The van der Waals surface area contributed by atoms with E-state index in [-0.39, 0.29) is 35.4 Å². The zero-order chi connectivity index (χ0) is 19.2. The number of rotatable bonds is 4. The Balaban J connectivity index is 1.52. The molecule has 2 N–H and O–H groups in total. The lowest BCUT2D eigenvalue weighted by atomic mass is 9.55. The Morgan fingerprint density at radius 1 is 1.33 bits per heavy atom. The molecule has 1 aliphatic heterocycles. The Labute approximate surface area is 162 Å². The number of aliphatic hydroxyl groups excluding tert-OH is 1. The number of aliphatic hydroxyl groups is 1. The summed E-state index contributed by atoms with van der Waals surface area (Å²) in [7, 11) is 0. The third-order valence-electron chi connectivity index (χ3n) is 7.51. The van der Waals surface area contributed by atoms with Gasteiger partial charge in [0.05, 0.1) is 12.0 Å². The topological polar surface area (TPSA) is 58.6 Å². The van der Waals surface area contributed by atoms with E-state index in [9.17, 15) is 9.90 Å². The number of hydrogen-bond donors (Lipinski definition) is 2. The van der Waals surface area contributed by atoms with Crippen LogP contribution in [0.4, 0.5) is 0 Å². The van der Waals surface area contributed by atoms with Gasteiger partial charge >= 0.3 is 5.97 Å². The maximum atomic E-state index is 12.6. The highest BCUT2D eigenvalue weighted by Gasteiger charge is 2.59. The molecule has 0 unspecified atom stereocenters. The lowest BCUT2D eigenvalue weighted by Gasteiger charge is -2.51. The maximum absolute atomic E-state index is 12.6. The second-order valence-corrected chi connectivity index (χ2v) is 8.84. The van der Waals surface area contributed by atoms with Gasteiger partial charge < -0.3 is 15.2 Å². The molecule has 1 aromatic rings. The summed E-state index contributed by atoms with van der Waals surface area (Å²) in [6.07, 6.45) is 4.48. The fourth-order valence-corrected chi connectivity index (χ4v) is 5.46. The molecule has 0 radical (unpaired) electrons. The number of fused-ring (bicyclic) bond motifs is 2. The van der Waals surface area contributed by atoms with E-state index in [4.69, 9.17) is 4.74 Å². The molecular formula is C23H31NO3. The number of hydrogen-bond acceptors (Lipinski definition) is 4. The first-order chi connectivity index (χ1) is 12.9. The van der Waals surface area contributed by atoms with Crippen molar-refractivity contribution in [3.63, 3.8) is 0 Å². The van der Waals surface area contributed by atoms with Crippen LogP contribution in [-0.4, -0.2) is 29.8 Å². The third-order valence-corrected chi connectivity index (χ3v) is 7.51. The van der Waals surface area contributed by atoms with Crippen LogP contribution in [0.15, 0.2) is 42.0 Å². The summed E-state index contributed by atoms with van der Waals surface area (Å²) in [5, 5.41) is 14.9. The molecule has 2 fully saturated rings. The van der Waals surface area contributed by atoms with Crippen LogP contribution in [0, 0.1) is 23.2 Å². The van der Waals surface area contributed by atoms with E-state index in [1.807, 2.05) is 18.2 Å². The summed E-state index contributed by atoms with van der Waals surface area (Å²) >= 11 is 0. The second kappa shape index (κ2) is 7.06. The van der Waals surface area contributed by atoms with Gasteiger partial charge in [-0.25, -0.2) is 0 Å². The van der Waals surface area contributed by atoms with Gasteiger partial charge in [-0.1, -0.05) is 55.8 Å². The number of esters is 1. The van der Waals surface area contributed by atoms with Crippen molar-refractivity contribution in [2.45, 2.75) is 58.3 Å². The first-order valence-corrected chi connectivity index (χ1v) is 10.3. The Bertz CT molecular complexity index is 730. The van der Waals surface area contributed by atoms with Crippen LogP contribution in [0.1, 0.15) is 51.6 Å². The van der Waals surface area contributed by atoms with Gasteiger partial charge in [-0.2, -0.15) is 0 Å². The fourth-order valence-electron chi connectivity index (χ4n) is 5.46. The van der Waals surface area contributed by atoms with E-state index in [0.717, 1.165) is 19.3 Å². The molecule has 2 aliphatic carbocycles. The van der Waals surface area contributed by atoms with Gasteiger partial charge in [-0.3, -0.25) is 4.79 Å². The molecule has 1 saturated heterocycles. The quantitative estimate of drug-likeness (QED) is 0.629. The van der Waals surface area contributed by atoms with Crippen molar-refractivity contribution in [1.29, 1.82) is 0 Å². The van der Waals surface area contributed by atoms with Gasteiger partial charge in [0.2, 0.25) is 0 Å². The lowest BCUT2D eigenvalue weighted by Crippen LogP contribution is -2.54. The molecule has 7 atom stereocenters. The Morgan fingerprint density at radius 3 is 2.81 bits per heavy atom. The molecule has 4 rings (SSSR count). The summed E-state index contributed by atoms with van der Waals surface area (Å²) in [5.41, 5.74) is 2.24. The van der Waals surface area contributed by atoms with Crippen molar-refractivity contribution in [2.24, 2.45) is 23.2 Å². The molecule has 4 nitrogen and oxygen atoms in total. The highest BCUT2D eigenvalue weighted by atomic mass is 16.6. The lowest BCUT2D eigenvalue weighted by molar-refractivity contribution is -0.144. The molecule has 1 saturated carbocycles. The van der Waals surface area contributed by atoms with Crippen LogP contribution in [-0.2, 0) is 9.53 Å². The molecular weight excluding hydrogens is 338 g/mol. The Morgan fingerprint density at radius 2 is 2.07 bits per heavy atom. The van der Waals surface area contributed by atoms with Gasteiger partial charge in [-0.05, 0) is 31.2 Å². The van der Waals surface area contributed by atoms with E-state index in [2.05, 4.69) is 44.3 Å². The standard InChI is InChI=1S/C23H31NO3/c1-14-8-7-11-17-12-19-20(21(25)23(14,17)3)18(22(26)27-19)13-24-15(2)16-9-5-4-6-10-16/h4-6,9-11,14-15,18-21,24-25H,7-8,12-13H2,1-3H3/t14-,15+,18+,19-,20-,21+,23-/m1/s1. The molecule has 146 valence electrons. The SMILES string of the molecule is C[C@H](NC[C@@H]1C(=O)O[C@@H]2CC3=CCC[C@@H](C)[C@@]3(C)[C@@H](O)[C@H]12)c1ccccc1. The van der Waals surface area contributed by atoms with Crippen molar-refractivity contribution < 1.29 is 14.6 Å². The predicted octanol–water partition coefficient (Wildman–Crippen LogP) is 3.62. The smallest absolute Gasteiger partial charge is 0.311 e. The van der Waals surface area contributed by atoms with E-state index in [1.54, 1.807) is 0 Å². The molecule has 27 heavy (non-hydrogen) atoms. The highest BCUT2D eigenvalue weighted by Crippen LogP contribution is 2.55. The Hall–Kier alpha value is -1.65. The molecule has 1 heterocycles. The third kappa shape index (κ3) is 3.03. The van der Waals surface area contributed by atoms with Crippen molar-refractivity contribution in [3.8, 4) is 0 Å². The average molecular weight is 370 g/mol. The summed E-state index contributed by atoms with van der Waals surface area (Å²) in [5.74, 6) is -0.160. The van der Waals surface area contributed by atoms with Crippen LogP contribution < -0.4 is 5.32 Å². The van der Waals surface area contributed by atoms with Crippen molar-refractivity contribution in [1.82, 2.24) is 5.32 Å². The normalized spacial score (nSPS) is 39.2. The summed E-state index contributed by atoms with van der Waals surface area (Å²) < 4.78 is 5.74. The predicted molar refractivity (Wildman–Crippen MR) is 105 cm³/mol. The Kier molecular flexibility index (Phi) is 4.89. The zero-order valence-electron chi connectivity index (χ0n) is 16.5. The van der Waals surface area contributed by atoms with Crippen LogP contribution in [0.2, 0.25) is 0 Å². The average Bonchev–Trinajstić information content (AvgIpc) is 2.98. The van der Waals surface area contributed by atoms with E-state index in [0.29, 0.717) is 12.5 Å². The molecule has 4 heteroatoms. The van der Waals surface area contributed by atoms with Crippen molar-refractivity contribution in [2.75, 3.05) is 6.54 Å². The number of carbonyl (C=O) groups excluding carboxylic acids is 1. The number of allylic oxidation sites excluding steroid dienone is 1. The highest BCUT2D eigenvalue weighted by molar-refractivity contribution is 5.76. The molecule has 1 aromatic carbocycles. The number of benzene rings is 1. The van der Waals surface area contributed by atoms with Gasteiger partial charge in [-0.15, -0.1) is 0 Å². The van der Waals surface area contributed by atoms with Crippen LogP contribution in [0.25, 0.3) is 0 Å². The maximum Gasteiger partial charge on any atom is 0.311 e. The number of carbonyl (C=O) groups is 1. The monoisotopic (exact) mass is 369 g/mol. The minimum absolute atomic E-state index is 0.129. The van der Waals surface area contributed by atoms with Crippen molar-refractivity contribution in [3.05, 3.63) is 47.5 Å². The van der Waals surface area contributed by atoms with E-state index in [1.165, 1.54) is 11.1 Å². The minimum atomic E-state index is -0.539. The fraction of sp³-hybridized carbons (Fsp3) is 0.609. The van der Waals surface area contributed by atoms with E-state index >= 15 is 0 Å². The van der Waals surface area contributed by atoms with Gasteiger partial charge in [0.15, 0.2) is 0 Å². The number of nitrogens with one attached hydrogen (secondary N) is 1. The summed E-state index contributed by atoms with van der Waals surface area (Å²) in [6, 6.07) is 10.4. The van der Waals surface area contributed by atoms with Crippen molar-refractivity contribution >= 4 is 5.97 Å². The number of ether oxygens (including phenoxy) is 1. The van der Waals surface area contributed by atoms with Gasteiger partial charge in [0.1, 0.15) is 6.10 Å². The second-order valence-electron chi connectivity index (χ2n) is 8.84.